The van der Waals surface area contributed by atoms with Crippen LogP contribution >= 0.6 is 0 Å². The molecule has 0 aliphatic carbocycles. The molecule has 0 aromatic heterocycles. The van der Waals surface area contributed by atoms with Crippen LogP contribution in [-0.4, -0.2) is 11.2 Å². The van der Waals surface area contributed by atoms with Gasteiger partial charge in [0, 0.05) is 0 Å². The van der Waals surface area contributed by atoms with E-state index in [1.54, 1.807) is 6.08 Å². The highest BCUT2D eigenvalue weighted by atomic mass is 16.3. The summed E-state index contributed by atoms with van der Waals surface area (Å²) in [6, 6.07) is 0. The first-order valence-electron chi connectivity index (χ1n) is 3.99. The fourth-order valence-corrected chi connectivity index (χ4v) is 0.920. The predicted molar refractivity (Wildman–Crippen MR) is 44.9 cm³/mol. The molecule has 1 nitrogen and oxygen atoms in total. The summed E-state index contributed by atoms with van der Waals surface area (Å²) in [7, 11) is 0. The van der Waals surface area contributed by atoms with E-state index in [2.05, 4.69) is 20.4 Å². The van der Waals surface area contributed by atoms with E-state index in [1.807, 2.05) is 0 Å². The maximum Gasteiger partial charge on any atom is 0.0577 e. The van der Waals surface area contributed by atoms with Gasteiger partial charge in [-0.1, -0.05) is 26.3 Å². The summed E-state index contributed by atoms with van der Waals surface area (Å²) >= 11 is 0. The fourth-order valence-electron chi connectivity index (χ4n) is 0.920. The van der Waals surface area contributed by atoms with E-state index in [0.29, 0.717) is 5.92 Å². The van der Waals surface area contributed by atoms with Crippen molar-refractivity contribution < 1.29 is 5.11 Å². The Kier molecular flexibility index (Phi) is 5.32. The summed E-state index contributed by atoms with van der Waals surface area (Å²) in [6.45, 7) is 7.88. The predicted octanol–water partition coefficient (Wildman–Crippen LogP) is 2.36. The van der Waals surface area contributed by atoms with Crippen LogP contribution in [0.15, 0.2) is 12.7 Å². The molecule has 0 rings (SSSR count). The first-order chi connectivity index (χ1) is 4.70. The molecule has 0 aliphatic rings. The number of aliphatic hydroxyl groups excluding tert-OH is 1. The lowest BCUT2D eigenvalue weighted by Gasteiger charge is -2.12. The van der Waals surface area contributed by atoms with Gasteiger partial charge in [-0.2, -0.15) is 0 Å². The lowest BCUT2D eigenvalue weighted by Crippen LogP contribution is -2.09. The SMILES string of the molecule is C=CCC(O)CC(C)CC. The van der Waals surface area contributed by atoms with Crippen LogP contribution in [-0.2, 0) is 0 Å². The van der Waals surface area contributed by atoms with Crippen LogP contribution in [0, 0.1) is 5.92 Å². The standard InChI is InChI=1S/C9H18O/c1-4-6-9(10)7-8(3)5-2/h4,8-10H,1,5-7H2,2-3H3. The van der Waals surface area contributed by atoms with Crippen molar-refractivity contribution in [1.29, 1.82) is 0 Å². The maximum absolute atomic E-state index is 9.28. The highest BCUT2D eigenvalue weighted by Gasteiger charge is 2.05. The van der Waals surface area contributed by atoms with Crippen molar-refractivity contribution in [3.05, 3.63) is 12.7 Å². The van der Waals surface area contributed by atoms with Crippen LogP contribution in [0.3, 0.4) is 0 Å². The van der Waals surface area contributed by atoms with Gasteiger partial charge in [0.15, 0.2) is 0 Å². The molecule has 10 heavy (non-hydrogen) atoms. The molecule has 0 saturated heterocycles. The largest absolute Gasteiger partial charge is 0.393 e. The molecule has 0 aromatic carbocycles. The minimum absolute atomic E-state index is 0.174. The molecule has 0 radical (unpaired) electrons. The van der Waals surface area contributed by atoms with Crippen LogP contribution in [0.25, 0.3) is 0 Å². The second-order valence-corrected chi connectivity index (χ2v) is 2.93. The zero-order valence-corrected chi connectivity index (χ0v) is 7.01. The highest BCUT2D eigenvalue weighted by Crippen LogP contribution is 2.11. The zero-order valence-electron chi connectivity index (χ0n) is 7.01. The Balaban J connectivity index is 3.35. The minimum Gasteiger partial charge on any atom is -0.393 e. The van der Waals surface area contributed by atoms with Gasteiger partial charge in [-0.15, -0.1) is 6.58 Å². The molecule has 2 atom stereocenters. The van der Waals surface area contributed by atoms with Gasteiger partial charge < -0.3 is 5.11 Å². The molecule has 0 aromatic rings. The molecule has 0 heterocycles. The van der Waals surface area contributed by atoms with E-state index >= 15 is 0 Å². The van der Waals surface area contributed by atoms with Gasteiger partial charge in [-0.05, 0) is 18.8 Å². The van der Waals surface area contributed by atoms with Gasteiger partial charge in [0.05, 0.1) is 6.10 Å². The van der Waals surface area contributed by atoms with Crippen molar-refractivity contribution in [2.75, 3.05) is 0 Å². The second-order valence-electron chi connectivity index (χ2n) is 2.93. The number of aliphatic hydroxyl groups is 1. The van der Waals surface area contributed by atoms with Gasteiger partial charge >= 0.3 is 0 Å². The molecule has 1 heteroatoms. The van der Waals surface area contributed by atoms with Crippen molar-refractivity contribution in [1.82, 2.24) is 0 Å². The van der Waals surface area contributed by atoms with Gasteiger partial charge in [-0.25, -0.2) is 0 Å². The van der Waals surface area contributed by atoms with E-state index < -0.39 is 0 Å². The van der Waals surface area contributed by atoms with Gasteiger partial charge in [0.1, 0.15) is 0 Å². The Labute approximate surface area is 63.8 Å². The Morgan fingerprint density at radius 2 is 2.20 bits per heavy atom. The number of hydrogen-bond donors (Lipinski definition) is 1. The average Bonchev–Trinajstić information content (AvgIpc) is 1.88. The average molecular weight is 142 g/mol. The van der Waals surface area contributed by atoms with Crippen LogP contribution in [0.4, 0.5) is 0 Å². The molecular weight excluding hydrogens is 124 g/mol. The molecule has 0 spiro atoms. The third-order valence-electron chi connectivity index (χ3n) is 1.81. The Bertz CT molecular complexity index is 88.7. The molecule has 0 amide bonds. The fraction of sp³-hybridized carbons (Fsp3) is 0.778. The van der Waals surface area contributed by atoms with Crippen LogP contribution in [0.2, 0.25) is 0 Å². The molecule has 0 aliphatic heterocycles. The second kappa shape index (κ2) is 5.48. The zero-order chi connectivity index (χ0) is 7.98. The third-order valence-corrected chi connectivity index (χ3v) is 1.81. The van der Waals surface area contributed by atoms with Crippen LogP contribution < -0.4 is 0 Å². The van der Waals surface area contributed by atoms with E-state index in [-0.39, 0.29) is 6.10 Å². The molecular formula is C9H18O. The summed E-state index contributed by atoms with van der Waals surface area (Å²) in [6.07, 6.45) is 4.38. The van der Waals surface area contributed by atoms with Crippen molar-refractivity contribution in [2.24, 2.45) is 5.92 Å². The van der Waals surface area contributed by atoms with E-state index in [0.717, 1.165) is 19.3 Å². The maximum atomic E-state index is 9.28. The molecule has 1 N–H and O–H groups in total. The Hall–Kier alpha value is -0.300. The third kappa shape index (κ3) is 4.57. The lowest BCUT2D eigenvalue weighted by atomic mass is 9.99. The van der Waals surface area contributed by atoms with Gasteiger partial charge in [0.2, 0.25) is 0 Å². The molecule has 0 bridgehead atoms. The normalized spacial score (nSPS) is 16.3. The van der Waals surface area contributed by atoms with E-state index in [9.17, 15) is 5.11 Å². The minimum atomic E-state index is -0.174. The number of rotatable bonds is 5. The summed E-state index contributed by atoms with van der Waals surface area (Å²) in [4.78, 5) is 0. The van der Waals surface area contributed by atoms with Crippen LogP contribution in [0.5, 0.6) is 0 Å². The monoisotopic (exact) mass is 142 g/mol. The van der Waals surface area contributed by atoms with Gasteiger partial charge in [-0.3, -0.25) is 0 Å². The topological polar surface area (TPSA) is 20.2 Å². The molecule has 0 fully saturated rings. The van der Waals surface area contributed by atoms with E-state index in [4.69, 9.17) is 0 Å². The van der Waals surface area contributed by atoms with Crippen molar-refractivity contribution in [3.63, 3.8) is 0 Å². The number of hydrogen-bond acceptors (Lipinski definition) is 1. The smallest absolute Gasteiger partial charge is 0.0577 e. The van der Waals surface area contributed by atoms with Crippen LogP contribution in [0.1, 0.15) is 33.1 Å². The lowest BCUT2D eigenvalue weighted by molar-refractivity contribution is 0.147. The first kappa shape index (κ1) is 9.70. The summed E-state index contributed by atoms with van der Waals surface area (Å²) < 4.78 is 0. The first-order valence-corrected chi connectivity index (χ1v) is 3.99. The summed E-state index contributed by atoms with van der Waals surface area (Å²) in [5.41, 5.74) is 0. The van der Waals surface area contributed by atoms with E-state index in [1.165, 1.54) is 0 Å². The van der Waals surface area contributed by atoms with Crippen molar-refractivity contribution in [3.8, 4) is 0 Å². The summed E-state index contributed by atoms with van der Waals surface area (Å²) in [5.74, 6) is 0.634. The Morgan fingerprint density at radius 1 is 1.60 bits per heavy atom. The quantitative estimate of drug-likeness (QED) is 0.584. The molecule has 60 valence electrons. The Morgan fingerprint density at radius 3 is 2.60 bits per heavy atom. The van der Waals surface area contributed by atoms with Gasteiger partial charge in [0.25, 0.3) is 0 Å². The molecule has 2 unspecified atom stereocenters. The van der Waals surface area contributed by atoms with Crippen molar-refractivity contribution in [2.45, 2.75) is 39.2 Å². The summed E-state index contributed by atoms with van der Waals surface area (Å²) in [5, 5.41) is 9.28. The van der Waals surface area contributed by atoms with Crippen molar-refractivity contribution >= 4 is 0 Å². The highest BCUT2D eigenvalue weighted by molar-refractivity contribution is 4.73. The molecule has 0 saturated carbocycles.